The van der Waals surface area contributed by atoms with Gasteiger partial charge >= 0.3 is 5.97 Å². The summed E-state index contributed by atoms with van der Waals surface area (Å²) in [6.07, 6.45) is -8.42. The van der Waals surface area contributed by atoms with Crippen molar-refractivity contribution in [2.45, 2.75) is 30.7 Å². The van der Waals surface area contributed by atoms with Gasteiger partial charge in [0.15, 0.2) is 34.9 Å². The number of hydrogen-bond acceptors (Lipinski definition) is 14. The first-order chi connectivity index (χ1) is 19.2. The molecule has 0 amide bonds. The molecule has 3 aromatic rings. The van der Waals surface area contributed by atoms with Crippen molar-refractivity contribution in [1.82, 2.24) is 0 Å². The molecule has 2 aliphatic rings. The minimum absolute atomic E-state index is 0.0367. The third-order valence-corrected chi connectivity index (χ3v) is 6.52. The molecule has 40 heavy (non-hydrogen) atoms. The van der Waals surface area contributed by atoms with Crippen LogP contribution < -0.4 is 33.8 Å². The molecule has 0 aliphatic carbocycles. The van der Waals surface area contributed by atoms with E-state index in [2.05, 4.69) is 4.74 Å². The van der Waals surface area contributed by atoms with Crippen LogP contribution >= 0.6 is 0 Å². The van der Waals surface area contributed by atoms with Crippen molar-refractivity contribution >= 4 is 16.9 Å². The Balaban J connectivity index is 1.54. The number of carbonyl (C=O) groups excluding carboxylic acids is 1. The molecule has 1 fully saturated rings. The zero-order valence-electron chi connectivity index (χ0n) is 21.7. The standard InChI is InChI=1S/C26H26O14/c1-32-12-7-10(5-6-11(12)39-26-19(30)17(28)18(29)24(40-26)25(31)35-4)20-23(34-3)16(27)15-13(38-20)8-14-21(22(15)33-2)37-9-36-14/h5-8,17-19,24,26,28-30H,9H2,1-4H3/t17-,18-,19+,24-,26+/m0/s1. The largest absolute Gasteiger partial charge is 0.493 e. The maximum Gasteiger partial charge on any atom is 0.337 e. The van der Waals surface area contributed by atoms with Crippen LogP contribution in [0.5, 0.6) is 34.5 Å². The SMILES string of the molecule is COC(=O)[C@H]1O[C@@H](Oc2ccc(-c3oc4cc5c(c(OC)c4c(=O)c3OC)OCO5)cc2OC)[C@H](O)[C@@H](O)[C@@H]1O. The van der Waals surface area contributed by atoms with Gasteiger partial charge in [-0.15, -0.1) is 0 Å². The summed E-state index contributed by atoms with van der Waals surface area (Å²) in [5.74, 6) is -0.117. The number of hydrogen-bond donors (Lipinski definition) is 3. The molecule has 0 saturated carbocycles. The van der Waals surface area contributed by atoms with Gasteiger partial charge in [0.05, 0.1) is 28.4 Å². The molecule has 14 heteroatoms. The molecule has 3 N–H and O–H groups in total. The second-order valence-corrected chi connectivity index (χ2v) is 8.71. The Hall–Kier alpha value is -4.24. The van der Waals surface area contributed by atoms with Gasteiger partial charge in [0.1, 0.15) is 29.3 Å². The van der Waals surface area contributed by atoms with E-state index in [1.54, 1.807) is 0 Å². The summed E-state index contributed by atoms with van der Waals surface area (Å²) < 4.78 is 48.9. The van der Waals surface area contributed by atoms with E-state index < -0.39 is 42.1 Å². The van der Waals surface area contributed by atoms with Crippen LogP contribution in [0, 0.1) is 0 Å². The highest BCUT2D eigenvalue weighted by Crippen LogP contribution is 2.47. The molecule has 3 heterocycles. The van der Waals surface area contributed by atoms with E-state index in [1.807, 2.05) is 0 Å². The number of aliphatic hydroxyl groups is 3. The molecule has 0 unspecified atom stereocenters. The van der Waals surface area contributed by atoms with Gasteiger partial charge in [0.2, 0.25) is 30.0 Å². The number of benzene rings is 2. The third kappa shape index (κ3) is 4.40. The fraction of sp³-hybridized carbons (Fsp3) is 0.385. The minimum Gasteiger partial charge on any atom is -0.493 e. The summed E-state index contributed by atoms with van der Waals surface area (Å²) in [6.45, 7) is -0.0470. The van der Waals surface area contributed by atoms with Crippen molar-refractivity contribution in [3.8, 4) is 45.8 Å². The van der Waals surface area contributed by atoms with E-state index in [0.29, 0.717) is 11.3 Å². The van der Waals surface area contributed by atoms with Crippen molar-refractivity contribution < 1.29 is 62.4 Å². The topological polar surface area (TPSA) is 182 Å². The molecule has 2 aromatic carbocycles. The smallest absolute Gasteiger partial charge is 0.337 e. The van der Waals surface area contributed by atoms with Crippen molar-refractivity contribution in [1.29, 1.82) is 0 Å². The van der Waals surface area contributed by atoms with Crippen LogP contribution in [-0.4, -0.2) is 87.2 Å². The van der Waals surface area contributed by atoms with Gasteiger partial charge in [-0.05, 0) is 18.2 Å². The van der Waals surface area contributed by atoms with Crippen LogP contribution in [0.2, 0.25) is 0 Å². The molecule has 14 nitrogen and oxygen atoms in total. The van der Waals surface area contributed by atoms with Gasteiger partial charge in [-0.25, -0.2) is 4.79 Å². The van der Waals surface area contributed by atoms with Crippen molar-refractivity contribution in [2.24, 2.45) is 0 Å². The predicted octanol–water partition coefficient (Wildman–Crippen LogP) is 0.574. The summed E-state index contributed by atoms with van der Waals surface area (Å²) in [7, 11) is 5.13. The molecule has 1 saturated heterocycles. The second-order valence-electron chi connectivity index (χ2n) is 8.71. The summed E-state index contributed by atoms with van der Waals surface area (Å²) in [6, 6.07) is 5.94. The normalized spacial score (nSPS) is 23.5. The van der Waals surface area contributed by atoms with Crippen molar-refractivity contribution in [2.75, 3.05) is 35.2 Å². The number of fused-ring (bicyclic) bond motifs is 2. The van der Waals surface area contributed by atoms with Crippen LogP contribution in [0.15, 0.2) is 33.5 Å². The van der Waals surface area contributed by atoms with E-state index in [0.717, 1.165) is 7.11 Å². The molecule has 214 valence electrons. The predicted molar refractivity (Wildman–Crippen MR) is 133 cm³/mol. The molecular weight excluding hydrogens is 536 g/mol. The highest BCUT2D eigenvalue weighted by molar-refractivity contribution is 5.92. The van der Waals surface area contributed by atoms with Crippen LogP contribution in [0.4, 0.5) is 0 Å². The van der Waals surface area contributed by atoms with E-state index in [9.17, 15) is 24.9 Å². The highest BCUT2D eigenvalue weighted by Gasteiger charge is 2.48. The second kappa shape index (κ2) is 10.7. The van der Waals surface area contributed by atoms with E-state index in [1.165, 1.54) is 45.6 Å². The average Bonchev–Trinajstić information content (AvgIpc) is 3.44. The fourth-order valence-corrected chi connectivity index (χ4v) is 4.52. The summed E-state index contributed by atoms with van der Waals surface area (Å²) in [5, 5.41) is 30.8. The summed E-state index contributed by atoms with van der Waals surface area (Å²) >= 11 is 0. The Morgan fingerprint density at radius 3 is 2.33 bits per heavy atom. The lowest BCUT2D eigenvalue weighted by atomic mass is 9.99. The Bertz CT molecular complexity index is 1500. The third-order valence-electron chi connectivity index (χ3n) is 6.52. The van der Waals surface area contributed by atoms with Gasteiger partial charge in [-0.1, -0.05) is 0 Å². The van der Waals surface area contributed by atoms with E-state index in [4.69, 9.17) is 37.6 Å². The lowest BCUT2D eigenvalue weighted by Gasteiger charge is -2.38. The fourth-order valence-electron chi connectivity index (χ4n) is 4.52. The average molecular weight is 562 g/mol. The molecule has 5 rings (SSSR count). The lowest BCUT2D eigenvalue weighted by molar-refractivity contribution is -0.272. The quantitative estimate of drug-likeness (QED) is 0.340. The van der Waals surface area contributed by atoms with Crippen molar-refractivity contribution in [3.63, 3.8) is 0 Å². The molecule has 0 radical (unpaired) electrons. The number of ether oxygens (including phenoxy) is 8. The maximum atomic E-state index is 13.5. The summed E-state index contributed by atoms with van der Waals surface area (Å²) in [4.78, 5) is 25.5. The molecule has 0 spiro atoms. The zero-order chi connectivity index (χ0) is 28.7. The Morgan fingerprint density at radius 1 is 0.900 bits per heavy atom. The number of esters is 1. The van der Waals surface area contributed by atoms with Gasteiger partial charge < -0.3 is 57.6 Å². The highest BCUT2D eigenvalue weighted by atomic mass is 16.7. The van der Waals surface area contributed by atoms with Crippen LogP contribution in [0.25, 0.3) is 22.3 Å². The number of methoxy groups -OCH3 is 4. The van der Waals surface area contributed by atoms with E-state index in [-0.39, 0.29) is 52.3 Å². The van der Waals surface area contributed by atoms with Crippen LogP contribution in [-0.2, 0) is 14.3 Å². The molecule has 5 atom stereocenters. The van der Waals surface area contributed by atoms with Crippen molar-refractivity contribution in [3.05, 3.63) is 34.5 Å². The van der Waals surface area contributed by atoms with Gasteiger partial charge in [-0.3, -0.25) is 4.79 Å². The maximum absolute atomic E-state index is 13.5. The number of aliphatic hydroxyl groups excluding tert-OH is 3. The molecule has 0 bridgehead atoms. The first-order valence-corrected chi connectivity index (χ1v) is 11.9. The molecule has 1 aromatic heterocycles. The first kappa shape index (κ1) is 27.3. The van der Waals surface area contributed by atoms with Gasteiger partial charge in [0, 0.05) is 11.6 Å². The number of carbonyl (C=O) groups is 1. The van der Waals surface area contributed by atoms with Crippen LogP contribution in [0.1, 0.15) is 0 Å². The Kier molecular flexibility index (Phi) is 7.33. The Morgan fingerprint density at radius 2 is 1.65 bits per heavy atom. The molecule has 2 aliphatic heterocycles. The zero-order valence-corrected chi connectivity index (χ0v) is 21.7. The Labute approximate surface area is 226 Å². The van der Waals surface area contributed by atoms with E-state index >= 15 is 0 Å². The monoisotopic (exact) mass is 562 g/mol. The minimum atomic E-state index is -1.77. The van der Waals surface area contributed by atoms with Gasteiger partial charge in [-0.2, -0.15) is 0 Å². The van der Waals surface area contributed by atoms with Gasteiger partial charge in [0.25, 0.3) is 0 Å². The summed E-state index contributed by atoms with van der Waals surface area (Å²) in [5.41, 5.74) is -0.0145. The molecular formula is C26H26O14. The first-order valence-electron chi connectivity index (χ1n) is 11.9. The lowest BCUT2D eigenvalue weighted by Crippen LogP contribution is -2.61. The van der Waals surface area contributed by atoms with Crippen LogP contribution in [0.3, 0.4) is 0 Å². The number of rotatable bonds is 7.